The second-order valence-corrected chi connectivity index (χ2v) is 9.60. The van der Waals surface area contributed by atoms with Gasteiger partial charge in [0.2, 0.25) is 0 Å². The number of aromatic nitrogens is 3. The molecular formula is C29H23N3O3S. The van der Waals surface area contributed by atoms with Gasteiger partial charge in [-0.05, 0) is 48.7 Å². The molecule has 0 fully saturated rings. The molecule has 0 saturated carbocycles. The Hall–Kier alpha value is -4.23. The zero-order valence-corrected chi connectivity index (χ0v) is 21.1. The van der Waals surface area contributed by atoms with Crippen LogP contribution in [0.2, 0.25) is 0 Å². The van der Waals surface area contributed by atoms with Gasteiger partial charge >= 0.3 is 0 Å². The van der Waals surface area contributed by atoms with Crippen molar-refractivity contribution in [1.82, 2.24) is 14.6 Å². The standard InChI is InChI=1S/C29H23N3O3S/c1-16-9-10-19(13-17(16)2)26-20-7-5-6-8-21(20)27-30-28-25(29(33)32(27)31-26)22(15-36-28)18-11-12-23(34-3)24(14-18)35-4/h5-15H,1-4H3. The fourth-order valence-electron chi connectivity index (χ4n) is 4.61. The van der Waals surface area contributed by atoms with E-state index < -0.39 is 0 Å². The Morgan fingerprint density at radius 1 is 0.833 bits per heavy atom. The number of methoxy groups -OCH3 is 2. The van der Waals surface area contributed by atoms with Crippen LogP contribution in [0.25, 0.3) is 49.0 Å². The lowest BCUT2D eigenvalue weighted by atomic mass is 10.0. The average molecular weight is 494 g/mol. The molecule has 3 aromatic heterocycles. The molecule has 6 aromatic rings. The second kappa shape index (κ2) is 8.46. The first-order valence-corrected chi connectivity index (χ1v) is 12.4. The van der Waals surface area contributed by atoms with Gasteiger partial charge in [0.15, 0.2) is 17.1 Å². The van der Waals surface area contributed by atoms with E-state index in [1.54, 1.807) is 14.2 Å². The van der Waals surface area contributed by atoms with E-state index in [2.05, 4.69) is 32.0 Å². The number of rotatable bonds is 4. The van der Waals surface area contributed by atoms with Gasteiger partial charge in [0.05, 0.1) is 25.3 Å². The van der Waals surface area contributed by atoms with Gasteiger partial charge < -0.3 is 9.47 Å². The van der Waals surface area contributed by atoms with Crippen molar-refractivity contribution in [1.29, 1.82) is 0 Å². The van der Waals surface area contributed by atoms with Gasteiger partial charge in [0, 0.05) is 27.3 Å². The highest BCUT2D eigenvalue weighted by atomic mass is 32.1. The Balaban J connectivity index is 1.67. The Labute approximate surface area is 211 Å². The molecule has 7 heteroatoms. The van der Waals surface area contributed by atoms with Crippen LogP contribution in [-0.4, -0.2) is 28.8 Å². The monoisotopic (exact) mass is 493 g/mol. The van der Waals surface area contributed by atoms with Gasteiger partial charge in [-0.2, -0.15) is 9.61 Å². The molecule has 0 N–H and O–H groups in total. The first-order chi connectivity index (χ1) is 17.5. The number of nitrogens with zero attached hydrogens (tertiary/aromatic N) is 3. The van der Waals surface area contributed by atoms with E-state index >= 15 is 0 Å². The van der Waals surface area contributed by atoms with E-state index in [1.807, 2.05) is 47.8 Å². The van der Waals surface area contributed by atoms with Gasteiger partial charge in [-0.25, -0.2) is 4.98 Å². The van der Waals surface area contributed by atoms with Crippen LogP contribution in [0.5, 0.6) is 11.5 Å². The van der Waals surface area contributed by atoms with Crippen molar-refractivity contribution in [3.8, 4) is 33.9 Å². The summed E-state index contributed by atoms with van der Waals surface area (Å²) < 4.78 is 12.3. The highest BCUT2D eigenvalue weighted by molar-refractivity contribution is 7.17. The average Bonchev–Trinajstić information content (AvgIpc) is 3.34. The van der Waals surface area contributed by atoms with Gasteiger partial charge in [0.1, 0.15) is 4.83 Å². The van der Waals surface area contributed by atoms with E-state index in [4.69, 9.17) is 19.6 Å². The van der Waals surface area contributed by atoms with Crippen molar-refractivity contribution in [3.63, 3.8) is 0 Å². The molecule has 0 radical (unpaired) electrons. The Bertz CT molecular complexity index is 1870. The number of hydrogen-bond donors (Lipinski definition) is 0. The molecule has 3 heterocycles. The summed E-state index contributed by atoms with van der Waals surface area (Å²) in [7, 11) is 3.20. The first kappa shape index (κ1) is 22.2. The van der Waals surface area contributed by atoms with Crippen molar-refractivity contribution in [3.05, 3.63) is 87.5 Å². The topological polar surface area (TPSA) is 65.7 Å². The molecule has 0 aliphatic carbocycles. The predicted molar refractivity (Wildman–Crippen MR) is 146 cm³/mol. The lowest BCUT2D eigenvalue weighted by Gasteiger charge is -2.12. The van der Waals surface area contributed by atoms with Gasteiger partial charge in [-0.3, -0.25) is 4.79 Å². The van der Waals surface area contributed by atoms with Crippen LogP contribution in [0.3, 0.4) is 0 Å². The largest absolute Gasteiger partial charge is 0.493 e. The zero-order chi connectivity index (χ0) is 25.0. The molecule has 0 unspecified atom stereocenters. The minimum absolute atomic E-state index is 0.197. The lowest BCUT2D eigenvalue weighted by molar-refractivity contribution is 0.355. The summed E-state index contributed by atoms with van der Waals surface area (Å²) in [5, 5.41) is 9.23. The maximum absolute atomic E-state index is 14.0. The third-order valence-electron chi connectivity index (χ3n) is 6.68. The molecule has 0 bridgehead atoms. The Morgan fingerprint density at radius 3 is 2.33 bits per heavy atom. The summed E-state index contributed by atoms with van der Waals surface area (Å²) in [6, 6.07) is 19.9. The smallest absolute Gasteiger partial charge is 0.283 e. The van der Waals surface area contributed by atoms with Crippen molar-refractivity contribution in [2.45, 2.75) is 13.8 Å². The molecule has 178 valence electrons. The maximum Gasteiger partial charge on any atom is 0.283 e. The van der Waals surface area contributed by atoms with Gasteiger partial charge in [-0.15, -0.1) is 11.3 Å². The van der Waals surface area contributed by atoms with Crippen LogP contribution in [0.1, 0.15) is 11.1 Å². The quantitative estimate of drug-likeness (QED) is 0.265. The number of fused-ring (bicyclic) bond motifs is 4. The molecule has 0 aliphatic heterocycles. The summed E-state index contributed by atoms with van der Waals surface area (Å²) >= 11 is 1.45. The first-order valence-electron chi connectivity index (χ1n) is 11.5. The minimum Gasteiger partial charge on any atom is -0.493 e. The lowest BCUT2D eigenvalue weighted by Crippen LogP contribution is -2.18. The molecule has 6 nitrogen and oxygen atoms in total. The molecule has 0 spiro atoms. The summed E-state index contributed by atoms with van der Waals surface area (Å²) in [5.74, 6) is 1.23. The van der Waals surface area contributed by atoms with Gasteiger partial charge in [0.25, 0.3) is 5.56 Å². The fourth-order valence-corrected chi connectivity index (χ4v) is 5.54. The van der Waals surface area contributed by atoms with Crippen LogP contribution >= 0.6 is 11.3 Å². The van der Waals surface area contributed by atoms with Gasteiger partial charge in [-0.1, -0.05) is 42.5 Å². The SMILES string of the molecule is COc1ccc(-c2csc3nc4c5ccccc5c(-c5ccc(C)c(C)c5)nn4c(=O)c23)cc1OC. The van der Waals surface area contributed by atoms with Crippen molar-refractivity contribution >= 4 is 38.0 Å². The molecule has 0 atom stereocenters. The Kier molecular flexibility index (Phi) is 5.23. The van der Waals surface area contributed by atoms with E-state index in [-0.39, 0.29) is 5.56 Å². The fraction of sp³-hybridized carbons (Fsp3) is 0.138. The van der Waals surface area contributed by atoms with Crippen molar-refractivity contribution < 1.29 is 9.47 Å². The van der Waals surface area contributed by atoms with Crippen molar-refractivity contribution in [2.24, 2.45) is 0 Å². The number of benzene rings is 3. The molecular weight excluding hydrogens is 470 g/mol. The molecule has 3 aromatic carbocycles. The van der Waals surface area contributed by atoms with E-state index in [9.17, 15) is 4.79 Å². The third-order valence-corrected chi connectivity index (χ3v) is 7.56. The summed E-state index contributed by atoms with van der Waals surface area (Å²) in [6.45, 7) is 4.17. The molecule has 6 rings (SSSR count). The summed E-state index contributed by atoms with van der Waals surface area (Å²) in [5.41, 5.74) is 6.11. The highest BCUT2D eigenvalue weighted by Crippen LogP contribution is 2.37. The zero-order valence-electron chi connectivity index (χ0n) is 20.3. The van der Waals surface area contributed by atoms with E-state index in [0.717, 1.165) is 33.2 Å². The normalized spacial score (nSPS) is 11.4. The maximum atomic E-state index is 14.0. The molecule has 0 saturated heterocycles. The minimum atomic E-state index is -0.197. The Morgan fingerprint density at radius 2 is 1.58 bits per heavy atom. The van der Waals surface area contributed by atoms with Crippen LogP contribution in [-0.2, 0) is 0 Å². The highest BCUT2D eigenvalue weighted by Gasteiger charge is 2.19. The number of hydrogen-bond acceptors (Lipinski definition) is 6. The van der Waals surface area contributed by atoms with Crippen LogP contribution in [0.15, 0.2) is 70.8 Å². The predicted octanol–water partition coefficient (Wildman–Crippen LogP) is 6.43. The van der Waals surface area contributed by atoms with Crippen molar-refractivity contribution in [2.75, 3.05) is 14.2 Å². The molecule has 36 heavy (non-hydrogen) atoms. The second-order valence-electron chi connectivity index (χ2n) is 8.74. The van der Waals surface area contributed by atoms with Crippen LogP contribution in [0.4, 0.5) is 0 Å². The van der Waals surface area contributed by atoms with E-state index in [1.165, 1.54) is 27.0 Å². The summed E-state index contributed by atoms with van der Waals surface area (Å²) in [4.78, 5) is 19.6. The number of aryl methyl sites for hydroxylation is 2. The molecule has 0 amide bonds. The van der Waals surface area contributed by atoms with E-state index in [0.29, 0.717) is 27.4 Å². The van der Waals surface area contributed by atoms with Crippen LogP contribution < -0.4 is 15.0 Å². The third kappa shape index (κ3) is 3.35. The number of ether oxygens (including phenoxy) is 2. The number of thiophene rings is 1. The molecule has 0 aliphatic rings. The summed E-state index contributed by atoms with van der Waals surface area (Å²) in [6.07, 6.45) is 0. The van der Waals surface area contributed by atoms with Crippen LogP contribution in [0, 0.1) is 13.8 Å².